The Bertz CT molecular complexity index is 781. The highest BCUT2D eigenvalue weighted by Gasteiger charge is 2.44. The summed E-state index contributed by atoms with van der Waals surface area (Å²) in [6.07, 6.45) is 4.51. The second kappa shape index (κ2) is 10.2. The average Bonchev–Trinajstić information content (AvgIpc) is 2.78. The first-order valence-electron chi connectivity index (χ1n) is 11.4. The molecule has 0 unspecified atom stereocenters. The topological polar surface area (TPSA) is 69.7 Å². The van der Waals surface area contributed by atoms with Gasteiger partial charge in [-0.25, -0.2) is 12.7 Å². The Hall–Kier alpha value is -1.44. The minimum atomic E-state index is -3.22. The average molecular weight is 436 g/mol. The zero-order valence-electron chi connectivity index (χ0n) is 18.5. The summed E-state index contributed by atoms with van der Waals surface area (Å²) in [6, 6.07) is 9.86. The zero-order valence-corrected chi connectivity index (χ0v) is 19.3. The van der Waals surface area contributed by atoms with Crippen molar-refractivity contribution in [1.82, 2.24) is 14.5 Å². The fraction of sp³-hybridized carbons (Fsp3) is 0.696. The van der Waals surface area contributed by atoms with Crippen LogP contribution in [0.4, 0.5) is 0 Å². The van der Waals surface area contributed by atoms with Gasteiger partial charge in [0.25, 0.3) is 0 Å². The standard InChI is InChI=1S/C23H37N3O3S/c1-3-30(28,29)26-18-12-23(13-19-26,21-8-5-4-6-9-21)22(27)24-14-7-15-25-16-10-20(2)11-17-25/h4-6,8-9,20H,3,7,10-19H2,1-2H3,(H,24,27). The maximum atomic E-state index is 13.3. The molecule has 0 aliphatic carbocycles. The maximum absolute atomic E-state index is 13.3. The number of likely N-dealkylation sites (tertiary alicyclic amines) is 1. The highest BCUT2D eigenvalue weighted by Crippen LogP contribution is 2.36. The monoisotopic (exact) mass is 435 g/mol. The van der Waals surface area contributed by atoms with Crippen molar-refractivity contribution in [3.8, 4) is 0 Å². The van der Waals surface area contributed by atoms with Crippen LogP contribution in [0.15, 0.2) is 30.3 Å². The molecule has 7 heteroatoms. The number of hydrogen-bond donors (Lipinski definition) is 1. The van der Waals surface area contributed by atoms with Gasteiger partial charge in [-0.2, -0.15) is 0 Å². The molecule has 1 N–H and O–H groups in total. The molecule has 1 aromatic carbocycles. The number of carbonyl (C=O) groups is 1. The Morgan fingerprint density at radius 1 is 1.10 bits per heavy atom. The van der Waals surface area contributed by atoms with Gasteiger partial charge in [-0.15, -0.1) is 0 Å². The van der Waals surface area contributed by atoms with Crippen molar-refractivity contribution in [3.05, 3.63) is 35.9 Å². The molecule has 0 atom stereocenters. The van der Waals surface area contributed by atoms with Crippen LogP contribution in [0.25, 0.3) is 0 Å². The summed E-state index contributed by atoms with van der Waals surface area (Å²) in [7, 11) is -3.22. The van der Waals surface area contributed by atoms with Crippen LogP contribution in [0.1, 0.15) is 51.5 Å². The lowest BCUT2D eigenvalue weighted by molar-refractivity contribution is -0.128. The summed E-state index contributed by atoms with van der Waals surface area (Å²) >= 11 is 0. The van der Waals surface area contributed by atoms with Crippen LogP contribution >= 0.6 is 0 Å². The number of piperidine rings is 2. The quantitative estimate of drug-likeness (QED) is 0.637. The minimum Gasteiger partial charge on any atom is -0.355 e. The normalized spacial score (nSPS) is 21.4. The van der Waals surface area contributed by atoms with Crippen LogP contribution < -0.4 is 5.32 Å². The molecule has 1 aromatic rings. The lowest BCUT2D eigenvalue weighted by atomic mass is 9.72. The molecule has 2 saturated heterocycles. The van der Waals surface area contributed by atoms with Gasteiger partial charge in [0.05, 0.1) is 11.2 Å². The first-order valence-corrected chi connectivity index (χ1v) is 13.0. The van der Waals surface area contributed by atoms with Crippen molar-refractivity contribution < 1.29 is 13.2 Å². The van der Waals surface area contributed by atoms with Gasteiger partial charge in [0.15, 0.2) is 0 Å². The summed E-state index contributed by atoms with van der Waals surface area (Å²) in [5.41, 5.74) is 0.336. The van der Waals surface area contributed by atoms with Crippen LogP contribution in [-0.4, -0.2) is 68.6 Å². The number of benzene rings is 1. The van der Waals surface area contributed by atoms with Gasteiger partial charge in [-0.05, 0) is 70.1 Å². The lowest BCUT2D eigenvalue weighted by Gasteiger charge is -2.40. The molecule has 0 bridgehead atoms. The summed E-state index contributed by atoms with van der Waals surface area (Å²) < 4.78 is 26.1. The number of amides is 1. The number of nitrogens with one attached hydrogen (secondary N) is 1. The summed E-state index contributed by atoms with van der Waals surface area (Å²) in [5, 5.41) is 3.17. The highest BCUT2D eigenvalue weighted by molar-refractivity contribution is 7.89. The van der Waals surface area contributed by atoms with E-state index in [1.54, 1.807) is 11.2 Å². The summed E-state index contributed by atoms with van der Waals surface area (Å²) in [5.74, 6) is 0.968. The Morgan fingerprint density at radius 2 is 1.73 bits per heavy atom. The predicted molar refractivity (Wildman–Crippen MR) is 121 cm³/mol. The third-order valence-electron chi connectivity index (χ3n) is 6.91. The van der Waals surface area contributed by atoms with E-state index in [-0.39, 0.29) is 11.7 Å². The smallest absolute Gasteiger partial charge is 0.230 e. The minimum absolute atomic E-state index is 0.0366. The fourth-order valence-electron chi connectivity index (χ4n) is 4.69. The van der Waals surface area contributed by atoms with Gasteiger partial charge >= 0.3 is 0 Å². The van der Waals surface area contributed by atoms with Gasteiger partial charge in [-0.1, -0.05) is 37.3 Å². The summed E-state index contributed by atoms with van der Waals surface area (Å²) in [4.78, 5) is 15.8. The van der Waals surface area contributed by atoms with E-state index in [9.17, 15) is 13.2 Å². The molecule has 3 rings (SSSR count). The second-order valence-corrected chi connectivity index (χ2v) is 11.1. The molecule has 2 fully saturated rings. The third-order valence-corrected chi connectivity index (χ3v) is 8.79. The van der Waals surface area contributed by atoms with Crippen molar-refractivity contribution in [1.29, 1.82) is 0 Å². The van der Waals surface area contributed by atoms with Crippen LogP contribution in [0.3, 0.4) is 0 Å². The third kappa shape index (κ3) is 5.42. The Balaban J connectivity index is 1.60. The number of nitrogens with zero attached hydrogens (tertiary/aromatic N) is 2. The van der Waals surface area contributed by atoms with Gasteiger partial charge in [-0.3, -0.25) is 4.79 Å². The molecule has 2 aliphatic rings. The van der Waals surface area contributed by atoms with Crippen LogP contribution in [0.5, 0.6) is 0 Å². The molecular weight excluding hydrogens is 398 g/mol. The molecule has 2 aliphatic heterocycles. The molecule has 30 heavy (non-hydrogen) atoms. The lowest BCUT2D eigenvalue weighted by Crippen LogP contribution is -2.53. The second-order valence-electron chi connectivity index (χ2n) is 8.88. The highest BCUT2D eigenvalue weighted by atomic mass is 32.2. The number of carbonyl (C=O) groups excluding carboxylic acids is 1. The van der Waals surface area contributed by atoms with Crippen LogP contribution in [0.2, 0.25) is 0 Å². The van der Waals surface area contributed by atoms with E-state index in [0.717, 1.165) is 37.5 Å². The molecule has 6 nitrogen and oxygen atoms in total. The molecule has 0 aromatic heterocycles. The van der Waals surface area contributed by atoms with Crippen molar-refractivity contribution >= 4 is 15.9 Å². The van der Waals surface area contributed by atoms with Crippen LogP contribution in [0, 0.1) is 5.92 Å². The number of hydrogen-bond acceptors (Lipinski definition) is 4. The van der Waals surface area contributed by atoms with Gasteiger partial charge in [0, 0.05) is 19.6 Å². The molecular formula is C23H37N3O3S. The molecule has 2 heterocycles. The van der Waals surface area contributed by atoms with Crippen molar-refractivity contribution in [2.45, 2.75) is 51.4 Å². The number of sulfonamides is 1. The first-order chi connectivity index (χ1) is 14.4. The summed E-state index contributed by atoms with van der Waals surface area (Å²) in [6.45, 7) is 8.77. The van der Waals surface area contributed by atoms with Gasteiger partial charge < -0.3 is 10.2 Å². The van der Waals surface area contributed by atoms with E-state index in [4.69, 9.17) is 0 Å². The van der Waals surface area contributed by atoms with E-state index in [0.29, 0.717) is 32.5 Å². The Morgan fingerprint density at radius 3 is 2.33 bits per heavy atom. The van der Waals surface area contributed by atoms with E-state index >= 15 is 0 Å². The first kappa shape index (κ1) is 23.2. The van der Waals surface area contributed by atoms with E-state index < -0.39 is 15.4 Å². The van der Waals surface area contributed by atoms with Crippen molar-refractivity contribution in [3.63, 3.8) is 0 Å². The largest absolute Gasteiger partial charge is 0.355 e. The van der Waals surface area contributed by atoms with Gasteiger partial charge in [0.1, 0.15) is 0 Å². The van der Waals surface area contributed by atoms with E-state index in [1.165, 1.54) is 12.8 Å². The molecule has 0 radical (unpaired) electrons. The Labute approximate surface area is 182 Å². The maximum Gasteiger partial charge on any atom is 0.230 e. The molecule has 0 saturated carbocycles. The van der Waals surface area contributed by atoms with Crippen LogP contribution in [-0.2, 0) is 20.2 Å². The molecule has 0 spiro atoms. The predicted octanol–water partition coefficient (Wildman–Crippen LogP) is 2.61. The molecule has 168 valence electrons. The zero-order chi connectivity index (χ0) is 21.6. The SMILES string of the molecule is CCS(=O)(=O)N1CCC(C(=O)NCCCN2CCC(C)CC2)(c2ccccc2)CC1. The fourth-order valence-corrected chi connectivity index (χ4v) is 5.80. The van der Waals surface area contributed by atoms with E-state index in [1.807, 2.05) is 30.3 Å². The van der Waals surface area contributed by atoms with Gasteiger partial charge in [0.2, 0.25) is 15.9 Å². The van der Waals surface area contributed by atoms with Crippen molar-refractivity contribution in [2.24, 2.45) is 5.92 Å². The molecule has 1 amide bonds. The number of rotatable bonds is 8. The van der Waals surface area contributed by atoms with E-state index in [2.05, 4.69) is 17.1 Å². The Kier molecular flexibility index (Phi) is 7.93. The van der Waals surface area contributed by atoms with Crippen molar-refractivity contribution in [2.75, 3.05) is 45.0 Å².